The minimum Gasteiger partial charge on any atom is -0.508 e. The van der Waals surface area contributed by atoms with Crippen LogP contribution in [0.2, 0.25) is 0 Å². The second kappa shape index (κ2) is 12.5. The molecule has 0 saturated carbocycles. The van der Waals surface area contributed by atoms with Crippen LogP contribution >= 0.6 is 0 Å². The van der Waals surface area contributed by atoms with E-state index in [4.69, 9.17) is 0 Å². The van der Waals surface area contributed by atoms with Gasteiger partial charge in [-0.1, -0.05) is 24.3 Å². The molecule has 6 heteroatoms. The molecule has 2 aromatic rings. The number of aromatic hydroxyl groups is 2. The second-order valence-electron chi connectivity index (χ2n) is 8.78. The summed E-state index contributed by atoms with van der Waals surface area (Å²) in [5.74, 6) is 0.772. The summed E-state index contributed by atoms with van der Waals surface area (Å²) < 4.78 is 0. The van der Waals surface area contributed by atoms with Gasteiger partial charge in [0.05, 0.1) is 0 Å². The summed E-state index contributed by atoms with van der Waals surface area (Å²) in [6, 6.07) is 11.2. The number of hydrogen-bond acceptors (Lipinski definition) is 6. The van der Waals surface area contributed by atoms with Gasteiger partial charge in [-0.2, -0.15) is 0 Å². The third-order valence-corrected chi connectivity index (χ3v) is 4.42. The number of hydrogen-bond donors (Lipinski definition) is 2. The van der Waals surface area contributed by atoms with Crippen LogP contribution in [0, 0.1) is 0 Å². The fraction of sp³-hybridized carbons (Fsp3) is 0.500. The summed E-state index contributed by atoms with van der Waals surface area (Å²) in [7, 11) is 16.3. The van der Waals surface area contributed by atoms with Crippen LogP contribution in [0.4, 0.5) is 0 Å². The van der Waals surface area contributed by atoms with Crippen LogP contribution in [0.3, 0.4) is 0 Å². The van der Waals surface area contributed by atoms with Crippen LogP contribution in [-0.4, -0.2) is 86.2 Å². The van der Waals surface area contributed by atoms with E-state index >= 15 is 0 Å². The minimum atomic E-state index is 0.376. The molecule has 0 aliphatic carbocycles. The van der Waals surface area contributed by atoms with Crippen LogP contribution in [0.1, 0.15) is 22.3 Å². The van der Waals surface area contributed by atoms with Crippen LogP contribution in [0.15, 0.2) is 36.4 Å². The molecule has 2 aromatic carbocycles. The molecule has 0 fully saturated rings. The van der Waals surface area contributed by atoms with E-state index in [1.807, 2.05) is 63.4 Å². The Hall–Kier alpha value is -2.12. The van der Waals surface area contributed by atoms with Crippen molar-refractivity contribution in [2.45, 2.75) is 26.2 Å². The van der Waals surface area contributed by atoms with Gasteiger partial charge in [0.25, 0.3) is 0 Å². The Morgan fingerprint density at radius 2 is 0.967 bits per heavy atom. The maximum Gasteiger partial charge on any atom is 0.120 e. The van der Waals surface area contributed by atoms with E-state index in [2.05, 4.69) is 42.9 Å². The molecule has 0 spiro atoms. The zero-order valence-electron chi connectivity index (χ0n) is 20.0. The predicted molar refractivity (Wildman–Crippen MR) is 126 cm³/mol. The minimum absolute atomic E-state index is 0.376. The van der Waals surface area contributed by atoms with Gasteiger partial charge in [0.2, 0.25) is 0 Å². The molecule has 0 aromatic heterocycles. The highest BCUT2D eigenvalue weighted by Crippen LogP contribution is 2.27. The summed E-state index contributed by atoms with van der Waals surface area (Å²) >= 11 is 0. The Labute approximate surface area is 183 Å². The summed E-state index contributed by atoms with van der Waals surface area (Å²) in [5, 5.41) is 19.5. The first-order valence-corrected chi connectivity index (χ1v) is 10.2. The Kier molecular flexibility index (Phi) is 10.8. The topological polar surface area (TPSA) is 53.4 Å². The van der Waals surface area contributed by atoms with E-state index in [1.54, 1.807) is 6.07 Å². The van der Waals surface area contributed by atoms with Crippen molar-refractivity contribution in [1.29, 1.82) is 0 Å². The third kappa shape index (κ3) is 9.13. The summed E-state index contributed by atoms with van der Waals surface area (Å²) in [4.78, 5) is 8.42. The fourth-order valence-electron chi connectivity index (χ4n) is 3.21. The van der Waals surface area contributed by atoms with Crippen LogP contribution < -0.4 is 0 Å². The predicted octanol–water partition coefficient (Wildman–Crippen LogP) is 3.03. The van der Waals surface area contributed by atoms with Crippen molar-refractivity contribution in [1.82, 2.24) is 19.6 Å². The smallest absolute Gasteiger partial charge is 0.120 e. The number of nitrogens with zero attached hydrogens (tertiary/aromatic N) is 4. The van der Waals surface area contributed by atoms with Gasteiger partial charge in [0.1, 0.15) is 11.5 Å². The number of para-hydroxylation sites is 1. The summed E-state index contributed by atoms with van der Waals surface area (Å²) in [5.41, 5.74) is 4.54. The number of benzene rings is 2. The first-order chi connectivity index (χ1) is 14.0. The fourth-order valence-corrected chi connectivity index (χ4v) is 3.21. The van der Waals surface area contributed by atoms with Crippen LogP contribution in [-0.2, 0) is 26.2 Å². The molecule has 6 nitrogen and oxygen atoms in total. The molecule has 0 radical (unpaired) electrons. The Bertz CT molecular complexity index is 774. The molecule has 2 rings (SSSR count). The molecule has 168 valence electrons. The van der Waals surface area contributed by atoms with E-state index < -0.39 is 0 Å². The maximum atomic E-state index is 10.2. The molecule has 0 amide bonds. The average Bonchev–Trinajstić information content (AvgIpc) is 2.62. The first kappa shape index (κ1) is 25.9. The van der Waals surface area contributed by atoms with Crippen molar-refractivity contribution in [3.8, 4) is 11.5 Å². The lowest BCUT2D eigenvalue weighted by molar-refractivity contribution is 0.359. The molecule has 0 atom stereocenters. The molecular weight excluding hydrogens is 376 g/mol. The molecule has 0 bridgehead atoms. The number of rotatable bonds is 8. The average molecular weight is 417 g/mol. The standard InChI is InChI=1S/C15H27N3O.C9H13NO/c1-16(2)9-12-7-8-15(19)14(11-18(5)6)13(12)10-17(3)4;1-10(2)7-8-5-3-4-6-9(8)11/h7-8,19H,9-11H2,1-6H3;3-6,11H,7H2,1-2H3. The van der Waals surface area contributed by atoms with Gasteiger partial charge >= 0.3 is 0 Å². The molecule has 30 heavy (non-hydrogen) atoms. The van der Waals surface area contributed by atoms with Crippen molar-refractivity contribution in [2.75, 3.05) is 56.4 Å². The highest BCUT2D eigenvalue weighted by atomic mass is 16.3. The molecule has 0 heterocycles. The van der Waals surface area contributed by atoms with Crippen molar-refractivity contribution >= 4 is 0 Å². The van der Waals surface area contributed by atoms with Gasteiger partial charge in [-0.3, -0.25) is 0 Å². The Balaban J connectivity index is 0.000000346. The zero-order valence-corrected chi connectivity index (χ0v) is 20.0. The highest BCUT2D eigenvalue weighted by molar-refractivity contribution is 5.44. The maximum absolute atomic E-state index is 10.2. The lowest BCUT2D eigenvalue weighted by Crippen LogP contribution is -2.20. The number of phenols is 2. The molecule has 0 aliphatic heterocycles. The van der Waals surface area contributed by atoms with E-state index in [0.717, 1.165) is 37.3 Å². The van der Waals surface area contributed by atoms with Crippen molar-refractivity contribution in [3.63, 3.8) is 0 Å². The molecule has 2 N–H and O–H groups in total. The van der Waals surface area contributed by atoms with Gasteiger partial charge in [-0.15, -0.1) is 0 Å². The van der Waals surface area contributed by atoms with Crippen molar-refractivity contribution < 1.29 is 10.2 Å². The lowest BCUT2D eigenvalue weighted by atomic mass is 9.98. The molecule has 0 unspecified atom stereocenters. The van der Waals surface area contributed by atoms with Crippen molar-refractivity contribution in [3.05, 3.63) is 58.7 Å². The number of phenolic OH excluding ortho intramolecular Hbond substituents is 2. The SMILES string of the molecule is CN(C)Cc1ccc(O)c(CN(C)C)c1CN(C)C.CN(C)Cc1ccccc1O. The second-order valence-corrected chi connectivity index (χ2v) is 8.78. The van der Waals surface area contributed by atoms with E-state index in [0.29, 0.717) is 11.5 Å². The Morgan fingerprint density at radius 1 is 0.500 bits per heavy atom. The van der Waals surface area contributed by atoms with Crippen LogP contribution in [0.25, 0.3) is 0 Å². The molecule has 0 aliphatic rings. The van der Waals surface area contributed by atoms with Gasteiger partial charge < -0.3 is 29.8 Å². The quantitative estimate of drug-likeness (QED) is 0.690. The monoisotopic (exact) mass is 416 g/mol. The highest BCUT2D eigenvalue weighted by Gasteiger charge is 2.15. The Morgan fingerprint density at radius 3 is 1.47 bits per heavy atom. The first-order valence-electron chi connectivity index (χ1n) is 10.2. The summed E-state index contributed by atoms with van der Waals surface area (Å²) in [6.45, 7) is 3.29. The van der Waals surface area contributed by atoms with E-state index in [-0.39, 0.29) is 0 Å². The zero-order chi connectivity index (χ0) is 22.8. The van der Waals surface area contributed by atoms with E-state index in [1.165, 1.54) is 11.1 Å². The van der Waals surface area contributed by atoms with E-state index in [9.17, 15) is 10.2 Å². The lowest BCUT2D eigenvalue weighted by Gasteiger charge is -2.23. The largest absolute Gasteiger partial charge is 0.508 e. The third-order valence-electron chi connectivity index (χ3n) is 4.42. The summed E-state index contributed by atoms with van der Waals surface area (Å²) in [6.07, 6.45) is 0. The van der Waals surface area contributed by atoms with Crippen LogP contribution in [0.5, 0.6) is 11.5 Å². The van der Waals surface area contributed by atoms with Gasteiger partial charge in [0, 0.05) is 37.3 Å². The van der Waals surface area contributed by atoms with Gasteiger partial charge in [0.15, 0.2) is 0 Å². The van der Waals surface area contributed by atoms with Gasteiger partial charge in [-0.05, 0) is 79.6 Å². The molecule has 0 saturated heterocycles. The van der Waals surface area contributed by atoms with Gasteiger partial charge in [-0.25, -0.2) is 0 Å². The van der Waals surface area contributed by atoms with Crippen molar-refractivity contribution in [2.24, 2.45) is 0 Å². The normalized spacial score (nSPS) is 11.3. The molecular formula is C24H40N4O2.